The van der Waals surface area contributed by atoms with Crippen LogP contribution in [-0.2, 0) is 20.9 Å². The van der Waals surface area contributed by atoms with Crippen LogP contribution in [0.15, 0.2) is 60.4 Å². The molecule has 4 nitrogen and oxygen atoms in total. The number of benzene rings is 2. The molecule has 0 aromatic heterocycles. The van der Waals surface area contributed by atoms with Crippen molar-refractivity contribution in [2.24, 2.45) is 0 Å². The molecular weight excluding hydrogens is 304 g/mol. The lowest BCUT2D eigenvalue weighted by Crippen LogP contribution is -2.10. The predicted octanol–water partition coefficient (Wildman–Crippen LogP) is 4.21. The largest absolute Gasteiger partial charge is 0.489 e. The molecule has 0 saturated heterocycles. The second kappa shape index (κ2) is 9.40. The van der Waals surface area contributed by atoms with Gasteiger partial charge < -0.3 is 14.2 Å². The second-order valence-corrected chi connectivity index (χ2v) is 5.01. The molecule has 0 unspecified atom stereocenters. The molecule has 0 saturated carbocycles. The molecule has 0 aliphatic carbocycles. The minimum Gasteiger partial charge on any atom is -0.489 e. The lowest BCUT2D eigenvalue weighted by atomic mass is 10.2. The first-order valence-electron chi connectivity index (χ1n) is 8.01. The number of hydrogen-bond donors (Lipinski definition) is 0. The van der Waals surface area contributed by atoms with E-state index in [-0.39, 0.29) is 5.76 Å². The molecule has 2 aromatic carbocycles. The number of carbonyl (C=O) groups excluding carboxylic acids is 1. The van der Waals surface area contributed by atoms with E-state index in [4.69, 9.17) is 14.2 Å². The van der Waals surface area contributed by atoms with Gasteiger partial charge >= 0.3 is 5.97 Å². The van der Waals surface area contributed by atoms with Crippen molar-refractivity contribution in [3.63, 3.8) is 0 Å². The molecule has 0 fully saturated rings. The van der Waals surface area contributed by atoms with Gasteiger partial charge in [0.25, 0.3) is 0 Å². The molecule has 0 spiro atoms. The van der Waals surface area contributed by atoms with Crippen molar-refractivity contribution in [1.29, 1.82) is 0 Å². The molecule has 2 aromatic rings. The van der Waals surface area contributed by atoms with E-state index in [0.29, 0.717) is 19.8 Å². The number of carbonyl (C=O) groups is 1. The molecular formula is C20H22O4. The van der Waals surface area contributed by atoms with Crippen LogP contribution in [0.3, 0.4) is 0 Å². The van der Waals surface area contributed by atoms with Gasteiger partial charge in [0, 0.05) is 0 Å². The van der Waals surface area contributed by atoms with Crippen LogP contribution in [0.1, 0.15) is 25.0 Å². The van der Waals surface area contributed by atoms with E-state index in [2.05, 4.69) is 0 Å². The Hall–Kier alpha value is -2.75. The van der Waals surface area contributed by atoms with Crippen LogP contribution < -0.4 is 4.74 Å². The van der Waals surface area contributed by atoms with Gasteiger partial charge in [0.2, 0.25) is 5.76 Å². The standard InChI is InChI=1S/C20H22O4/c1-3-22-19(20(21)23-4-2)14-16-10-12-18(13-11-16)24-15-17-8-6-5-7-9-17/h5-14H,3-4,15H2,1-2H3/b19-14-. The molecule has 0 aliphatic heterocycles. The van der Waals surface area contributed by atoms with Crippen molar-refractivity contribution in [2.45, 2.75) is 20.5 Å². The van der Waals surface area contributed by atoms with E-state index < -0.39 is 5.97 Å². The third-order valence-corrected chi connectivity index (χ3v) is 3.20. The average molecular weight is 326 g/mol. The Morgan fingerprint density at radius 1 is 0.917 bits per heavy atom. The highest BCUT2D eigenvalue weighted by Gasteiger charge is 2.11. The van der Waals surface area contributed by atoms with Crippen LogP contribution in [0.25, 0.3) is 6.08 Å². The Bertz CT molecular complexity index is 660. The van der Waals surface area contributed by atoms with Crippen LogP contribution in [0, 0.1) is 0 Å². The van der Waals surface area contributed by atoms with Gasteiger partial charge in [-0.1, -0.05) is 42.5 Å². The predicted molar refractivity (Wildman–Crippen MR) is 93.5 cm³/mol. The maximum atomic E-state index is 11.8. The van der Waals surface area contributed by atoms with Crippen LogP contribution in [0.4, 0.5) is 0 Å². The molecule has 0 aliphatic rings. The summed E-state index contributed by atoms with van der Waals surface area (Å²) in [6, 6.07) is 17.5. The second-order valence-electron chi connectivity index (χ2n) is 5.01. The highest BCUT2D eigenvalue weighted by molar-refractivity contribution is 5.91. The third kappa shape index (κ3) is 5.47. The molecule has 0 radical (unpaired) electrons. The van der Waals surface area contributed by atoms with Crippen LogP contribution in [0.5, 0.6) is 5.75 Å². The van der Waals surface area contributed by atoms with Gasteiger partial charge in [-0.25, -0.2) is 4.79 Å². The lowest BCUT2D eigenvalue weighted by molar-refractivity contribution is -0.142. The zero-order chi connectivity index (χ0) is 17.2. The topological polar surface area (TPSA) is 44.8 Å². The normalized spacial score (nSPS) is 11.0. The maximum absolute atomic E-state index is 11.8. The lowest BCUT2D eigenvalue weighted by Gasteiger charge is -2.09. The van der Waals surface area contributed by atoms with Gasteiger partial charge in [-0.15, -0.1) is 0 Å². The summed E-state index contributed by atoms with van der Waals surface area (Å²) in [5.74, 6) is 0.520. The maximum Gasteiger partial charge on any atom is 0.373 e. The van der Waals surface area contributed by atoms with Gasteiger partial charge in [-0.05, 0) is 43.2 Å². The fourth-order valence-electron chi connectivity index (χ4n) is 2.07. The summed E-state index contributed by atoms with van der Waals surface area (Å²) in [5, 5.41) is 0. The van der Waals surface area contributed by atoms with E-state index in [1.807, 2.05) is 61.5 Å². The van der Waals surface area contributed by atoms with Gasteiger partial charge in [-0.2, -0.15) is 0 Å². The van der Waals surface area contributed by atoms with Gasteiger partial charge in [-0.3, -0.25) is 0 Å². The molecule has 24 heavy (non-hydrogen) atoms. The molecule has 2 rings (SSSR count). The van der Waals surface area contributed by atoms with E-state index in [0.717, 1.165) is 16.9 Å². The first kappa shape index (κ1) is 17.6. The summed E-state index contributed by atoms with van der Waals surface area (Å²) < 4.78 is 16.1. The van der Waals surface area contributed by atoms with Crippen LogP contribution >= 0.6 is 0 Å². The van der Waals surface area contributed by atoms with Crippen molar-refractivity contribution in [3.8, 4) is 5.75 Å². The zero-order valence-corrected chi connectivity index (χ0v) is 14.0. The summed E-state index contributed by atoms with van der Waals surface area (Å²) in [5.41, 5.74) is 1.96. The van der Waals surface area contributed by atoms with Gasteiger partial charge in [0.1, 0.15) is 12.4 Å². The summed E-state index contributed by atoms with van der Waals surface area (Å²) in [6.07, 6.45) is 1.67. The Balaban J connectivity index is 2.01. The molecule has 0 N–H and O–H groups in total. The molecule has 4 heteroatoms. The number of ether oxygens (including phenoxy) is 3. The Labute approximate surface area is 142 Å². The van der Waals surface area contributed by atoms with E-state index >= 15 is 0 Å². The molecule has 126 valence electrons. The number of esters is 1. The summed E-state index contributed by atoms with van der Waals surface area (Å²) in [4.78, 5) is 11.8. The Morgan fingerprint density at radius 3 is 2.21 bits per heavy atom. The van der Waals surface area contributed by atoms with E-state index in [1.54, 1.807) is 13.0 Å². The molecule has 0 atom stereocenters. The van der Waals surface area contributed by atoms with Crippen LogP contribution in [-0.4, -0.2) is 19.2 Å². The summed E-state index contributed by atoms with van der Waals surface area (Å²) in [7, 11) is 0. The number of rotatable bonds is 8. The van der Waals surface area contributed by atoms with E-state index in [9.17, 15) is 4.79 Å². The summed E-state index contributed by atoms with van der Waals surface area (Å²) in [6.45, 7) is 4.83. The van der Waals surface area contributed by atoms with Crippen molar-refractivity contribution < 1.29 is 19.0 Å². The molecule has 0 heterocycles. The minimum absolute atomic E-state index is 0.206. The summed E-state index contributed by atoms with van der Waals surface area (Å²) >= 11 is 0. The number of hydrogen-bond acceptors (Lipinski definition) is 4. The highest BCUT2D eigenvalue weighted by Crippen LogP contribution is 2.17. The minimum atomic E-state index is -0.455. The smallest absolute Gasteiger partial charge is 0.373 e. The first-order chi connectivity index (χ1) is 11.7. The van der Waals surface area contributed by atoms with E-state index in [1.165, 1.54) is 0 Å². The monoisotopic (exact) mass is 326 g/mol. The molecule has 0 amide bonds. The first-order valence-corrected chi connectivity index (χ1v) is 8.01. The molecule has 0 bridgehead atoms. The Kier molecular flexibility index (Phi) is 6.90. The van der Waals surface area contributed by atoms with Crippen molar-refractivity contribution in [1.82, 2.24) is 0 Å². The zero-order valence-electron chi connectivity index (χ0n) is 14.0. The highest BCUT2D eigenvalue weighted by atomic mass is 16.6. The quantitative estimate of drug-likeness (QED) is 0.414. The SMILES string of the molecule is CCOC(=O)/C(=C/c1ccc(OCc2ccccc2)cc1)OCC. The van der Waals surface area contributed by atoms with Crippen molar-refractivity contribution in [2.75, 3.05) is 13.2 Å². The fourth-order valence-corrected chi connectivity index (χ4v) is 2.07. The third-order valence-electron chi connectivity index (χ3n) is 3.20. The fraction of sp³-hybridized carbons (Fsp3) is 0.250. The van der Waals surface area contributed by atoms with Gasteiger partial charge in [0.05, 0.1) is 13.2 Å². The van der Waals surface area contributed by atoms with Crippen LogP contribution in [0.2, 0.25) is 0 Å². The average Bonchev–Trinajstić information content (AvgIpc) is 2.62. The van der Waals surface area contributed by atoms with Gasteiger partial charge in [0.15, 0.2) is 0 Å². The van der Waals surface area contributed by atoms with Crippen molar-refractivity contribution >= 4 is 12.0 Å². The Morgan fingerprint density at radius 2 is 1.58 bits per heavy atom. The van der Waals surface area contributed by atoms with Crippen molar-refractivity contribution in [3.05, 3.63) is 71.5 Å².